The minimum Gasteiger partial charge on any atom is -0.545 e. The summed E-state index contributed by atoms with van der Waals surface area (Å²) in [5.74, 6) is -4.12. The van der Waals surface area contributed by atoms with Crippen LogP contribution in [0.1, 0.15) is 26.7 Å². The van der Waals surface area contributed by atoms with Crippen LogP contribution in [0.15, 0.2) is 24.3 Å². The van der Waals surface area contributed by atoms with Crippen LogP contribution in [-0.4, -0.2) is 82.6 Å². The van der Waals surface area contributed by atoms with E-state index in [1.165, 1.54) is 0 Å². The molecule has 0 aromatic carbocycles. The molecule has 0 radical (unpaired) electrons. The number of carboxylic acid groups (broad SMARTS) is 2. The van der Waals surface area contributed by atoms with Crippen molar-refractivity contribution >= 4 is 69.4 Å². The summed E-state index contributed by atoms with van der Waals surface area (Å²) in [6.45, 7) is 4.29. The monoisotopic (exact) mass is 402 g/mol. The molecule has 23 heavy (non-hydrogen) atoms. The molecular weight excluding hydrogens is 384 g/mol. The zero-order valence-corrected chi connectivity index (χ0v) is 16.6. The Morgan fingerprint density at radius 1 is 0.739 bits per heavy atom. The molecule has 0 saturated heterocycles. The van der Waals surface area contributed by atoms with Gasteiger partial charge in [-0.1, -0.05) is 13.8 Å². The van der Waals surface area contributed by atoms with Crippen molar-refractivity contribution in [2.24, 2.45) is 0 Å². The van der Waals surface area contributed by atoms with Gasteiger partial charge in [-0.2, -0.15) is 0 Å². The molecule has 0 N–H and O–H groups in total. The van der Waals surface area contributed by atoms with Crippen LogP contribution in [0.4, 0.5) is 0 Å². The second kappa shape index (κ2) is 18.9. The van der Waals surface area contributed by atoms with Crippen molar-refractivity contribution in [3.63, 3.8) is 0 Å². The number of carbonyl (C=O) groups is 4. The van der Waals surface area contributed by atoms with E-state index in [9.17, 15) is 29.4 Å². The standard InChI is InChI=1S/2C7H10O4.Sr/c2*1-2-5-11-7(10)4-3-6(8)9;/h2*3-4H,2,5H2,1H3,(H,8,9);/q;;+2/p-2/b2*4-3+;. The van der Waals surface area contributed by atoms with E-state index in [0.29, 0.717) is 38.2 Å². The topological polar surface area (TPSA) is 133 Å². The van der Waals surface area contributed by atoms with Crippen molar-refractivity contribution in [3.8, 4) is 0 Å². The van der Waals surface area contributed by atoms with Crippen molar-refractivity contribution in [1.29, 1.82) is 0 Å². The number of hydrogen-bond acceptors (Lipinski definition) is 8. The molecule has 0 rings (SSSR count). The van der Waals surface area contributed by atoms with E-state index in [-0.39, 0.29) is 45.5 Å². The summed E-state index contributed by atoms with van der Waals surface area (Å²) in [5, 5.41) is 19.5. The minimum atomic E-state index is -1.40. The van der Waals surface area contributed by atoms with Crippen LogP contribution >= 0.6 is 0 Å². The van der Waals surface area contributed by atoms with Gasteiger partial charge in [0.1, 0.15) is 0 Å². The zero-order valence-electron chi connectivity index (χ0n) is 13.1. The normalized spacial score (nSPS) is 9.48. The van der Waals surface area contributed by atoms with E-state index in [1.807, 2.05) is 13.8 Å². The fourth-order valence-corrected chi connectivity index (χ4v) is 0.774. The van der Waals surface area contributed by atoms with Gasteiger partial charge in [-0.25, -0.2) is 9.59 Å². The Balaban J connectivity index is -0.000000333. The first-order valence-electron chi connectivity index (χ1n) is 6.45. The first kappa shape index (κ1) is 26.7. The molecule has 8 nitrogen and oxygen atoms in total. The van der Waals surface area contributed by atoms with Crippen molar-refractivity contribution < 1.29 is 38.9 Å². The SMILES string of the molecule is CCCOC(=O)/C=C/C(=O)[O-].CCCOC(=O)/C=C/C(=O)[O-].[Sr+2]. The van der Waals surface area contributed by atoms with Crippen LogP contribution in [0.5, 0.6) is 0 Å². The second-order valence-electron chi connectivity index (χ2n) is 3.64. The number of rotatable bonds is 8. The molecular formula is C14H18O8Sr. The van der Waals surface area contributed by atoms with E-state index in [0.717, 1.165) is 12.2 Å². The Labute approximate surface area is 171 Å². The molecule has 0 unspecified atom stereocenters. The number of ether oxygens (including phenoxy) is 2. The molecule has 0 heterocycles. The summed E-state index contributed by atoms with van der Waals surface area (Å²) in [4.78, 5) is 40.6. The van der Waals surface area contributed by atoms with Crippen LogP contribution in [0.25, 0.3) is 0 Å². The fraction of sp³-hybridized carbons (Fsp3) is 0.429. The summed E-state index contributed by atoms with van der Waals surface area (Å²) in [6, 6.07) is 0. The summed E-state index contributed by atoms with van der Waals surface area (Å²) in [6.07, 6.45) is 4.35. The molecule has 0 amide bonds. The molecule has 9 heteroatoms. The molecule has 0 aliphatic heterocycles. The Kier molecular flexibility index (Phi) is 21.9. The number of hydrogen-bond donors (Lipinski definition) is 0. The van der Waals surface area contributed by atoms with Gasteiger partial charge in [0.05, 0.1) is 25.2 Å². The van der Waals surface area contributed by atoms with Crippen LogP contribution < -0.4 is 10.2 Å². The van der Waals surface area contributed by atoms with Crippen LogP contribution in [-0.2, 0) is 28.7 Å². The van der Waals surface area contributed by atoms with E-state index < -0.39 is 23.9 Å². The summed E-state index contributed by atoms with van der Waals surface area (Å²) >= 11 is 0. The third kappa shape index (κ3) is 26.1. The average molecular weight is 402 g/mol. The van der Waals surface area contributed by atoms with Crippen LogP contribution in [0, 0.1) is 0 Å². The largest absolute Gasteiger partial charge is 2.00 e. The van der Waals surface area contributed by atoms with E-state index >= 15 is 0 Å². The van der Waals surface area contributed by atoms with E-state index in [2.05, 4.69) is 9.47 Å². The van der Waals surface area contributed by atoms with Crippen molar-refractivity contribution in [2.75, 3.05) is 13.2 Å². The Morgan fingerprint density at radius 3 is 1.26 bits per heavy atom. The molecule has 0 aromatic rings. The summed E-state index contributed by atoms with van der Waals surface area (Å²) in [7, 11) is 0. The maximum Gasteiger partial charge on any atom is 2.00 e. The van der Waals surface area contributed by atoms with Crippen molar-refractivity contribution in [1.82, 2.24) is 0 Å². The molecule has 0 aliphatic carbocycles. The van der Waals surface area contributed by atoms with Gasteiger partial charge < -0.3 is 29.3 Å². The number of esters is 2. The van der Waals surface area contributed by atoms with Crippen LogP contribution in [0.3, 0.4) is 0 Å². The smallest absolute Gasteiger partial charge is 0.545 e. The average Bonchev–Trinajstić information content (AvgIpc) is 2.47. The Hall–Kier alpha value is -1.16. The van der Waals surface area contributed by atoms with Crippen LogP contribution in [0.2, 0.25) is 0 Å². The molecule has 0 atom stereocenters. The quantitative estimate of drug-likeness (QED) is 0.262. The number of carbonyl (C=O) groups excluding carboxylic acids is 4. The zero-order chi connectivity index (χ0) is 17.4. The van der Waals surface area contributed by atoms with E-state index in [1.54, 1.807) is 0 Å². The van der Waals surface area contributed by atoms with Crippen molar-refractivity contribution in [2.45, 2.75) is 26.7 Å². The van der Waals surface area contributed by atoms with Gasteiger partial charge in [-0.15, -0.1) is 0 Å². The van der Waals surface area contributed by atoms with Gasteiger partial charge >= 0.3 is 57.4 Å². The van der Waals surface area contributed by atoms with Gasteiger partial charge in [-0.3, -0.25) is 0 Å². The number of carboxylic acids is 2. The molecule has 0 spiro atoms. The Bertz CT molecular complexity index is 388. The van der Waals surface area contributed by atoms with Gasteiger partial charge in [-0.05, 0) is 25.0 Å². The summed E-state index contributed by atoms with van der Waals surface area (Å²) < 4.78 is 9.05. The van der Waals surface area contributed by atoms with Gasteiger partial charge in [0.25, 0.3) is 0 Å². The summed E-state index contributed by atoms with van der Waals surface area (Å²) in [5.41, 5.74) is 0. The second-order valence-corrected chi connectivity index (χ2v) is 3.64. The fourth-order valence-electron chi connectivity index (χ4n) is 0.774. The maximum atomic E-state index is 10.5. The number of aliphatic carboxylic acids is 2. The predicted molar refractivity (Wildman–Crippen MR) is 76.5 cm³/mol. The maximum absolute atomic E-state index is 10.5. The van der Waals surface area contributed by atoms with Crippen molar-refractivity contribution in [3.05, 3.63) is 24.3 Å². The first-order chi connectivity index (χ1) is 10.3. The first-order valence-corrected chi connectivity index (χ1v) is 6.45. The molecule has 0 aromatic heterocycles. The predicted octanol–water partition coefficient (Wildman–Crippen LogP) is -1.89. The molecule has 0 fully saturated rings. The molecule has 0 aliphatic rings. The van der Waals surface area contributed by atoms with Gasteiger partial charge in [0.2, 0.25) is 0 Å². The Morgan fingerprint density at radius 2 is 1.04 bits per heavy atom. The third-order valence-corrected chi connectivity index (χ3v) is 1.61. The van der Waals surface area contributed by atoms with E-state index in [4.69, 9.17) is 0 Å². The van der Waals surface area contributed by atoms with Gasteiger partial charge in [0.15, 0.2) is 0 Å². The molecule has 0 bridgehead atoms. The van der Waals surface area contributed by atoms with Gasteiger partial charge in [0, 0.05) is 12.2 Å². The molecule has 0 saturated carbocycles. The third-order valence-electron chi connectivity index (χ3n) is 1.61. The molecule has 124 valence electrons. The minimum absolute atomic E-state index is 0.